The molecule has 30 heavy (non-hydrogen) atoms. The molecule has 6 rings (SSSR count). The fourth-order valence-electron chi connectivity index (χ4n) is 5.58. The van der Waals surface area contributed by atoms with Crippen molar-refractivity contribution >= 4 is 29.1 Å². The Labute approximate surface area is 181 Å². The van der Waals surface area contributed by atoms with Crippen LogP contribution in [0.1, 0.15) is 66.6 Å². The van der Waals surface area contributed by atoms with E-state index in [-0.39, 0.29) is 24.1 Å². The van der Waals surface area contributed by atoms with Crippen LogP contribution in [0.15, 0.2) is 12.3 Å². The molecule has 0 bridgehead atoms. The molecule has 3 saturated carbocycles. The van der Waals surface area contributed by atoms with Gasteiger partial charge >= 0.3 is 0 Å². The van der Waals surface area contributed by atoms with Crippen molar-refractivity contribution in [1.29, 1.82) is 0 Å². The maximum Gasteiger partial charge on any atom is 0.276 e. The molecule has 6 nitrogen and oxygen atoms in total. The standard InChI is InChI=1S/C23H27ClN4O2/c1-2-13-7-17(14-3-4-14)11-28-21(24)20(25-22(13)28)23(30)26-5-6-27(19(29)12-26)18-9-15-8-16(15)10-18/h7,11,14-16,18H,2-6,8-10,12H2,1H3/t15-,16?,18?/m1/s1. The van der Waals surface area contributed by atoms with E-state index < -0.39 is 0 Å². The second-order valence-corrected chi connectivity index (χ2v) is 9.92. The molecule has 1 aliphatic heterocycles. The molecule has 0 N–H and O–H groups in total. The summed E-state index contributed by atoms with van der Waals surface area (Å²) in [6, 6.07) is 2.59. The van der Waals surface area contributed by atoms with Gasteiger partial charge in [0.05, 0.1) is 0 Å². The molecule has 4 aliphatic rings. The van der Waals surface area contributed by atoms with Crippen LogP contribution < -0.4 is 0 Å². The summed E-state index contributed by atoms with van der Waals surface area (Å²) in [5.41, 5.74) is 3.41. The predicted molar refractivity (Wildman–Crippen MR) is 114 cm³/mol. The van der Waals surface area contributed by atoms with Crippen LogP contribution in [0.4, 0.5) is 0 Å². The topological polar surface area (TPSA) is 57.9 Å². The van der Waals surface area contributed by atoms with Gasteiger partial charge in [-0.05, 0) is 67.4 Å². The number of nitrogens with zero attached hydrogens (tertiary/aromatic N) is 4. The van der Waals surface area contributed by atoms with E-state index in [1.54, 1.807) is 4.90 Å². The molecule has 2 amide bonds. The molecule has 7 heteroatoms. The Balaban J connectivity index is 1.24. The van der Waals surface area contributed by atoms with E-state index >= 15 is 0 Å². The summed E-state index contributed by atoms with van der Waals surface area (Å²) in [4.78, 5) is 34.3. The largest absolute Gasteiger partial charge is 0.336 e. The molecule has 2 aromatic rings. The van der Waals surface area contributed by atoms with Gasteiger partial charge in [-0.25, -0.2) is 4.98 Å². The number of pyridine rings is 1. The van der Waals surface area contributed by atoms with Gasteiger partial charge in [-0.3, -0.25) is 14.0 Å². The van der Waals surface area contributed by atoms with E-state index in [1.807, 2.05) is 15.5 Å². The first-order chi connectivity index (χ1) is 14.5. The zero-order valence-corrected chi connectivity index (χ0v) is 18.1. The third-order valence-corrected chi connectivity index (χ3v) is 7.96. The number of carbonyl (C=O) groups is 2. The van der Waals surface area contributed by atoms with E-state index in [1.165, 1.54) is 24.8 Å². The number of aromatic nitrogens is 2. The lowest BCUT2D eigenvalue weighted by atomic mass is 10.1. The van der Waals surface area contributed by atoms with Crippen molar-refractivity contribution in [3.63, 3.8) is 0 Å². The summed E-state index contributed by atoms with van der Waals surface area (Å²) in [7, 11) is 0. The Morgan fingerprint density at radius 1 is 1.20 bits per heavy atom. The molecule has 0 aromatic carbocycles. The molecule has 3 heterocycles. The molecule has 4 fully saturated rings. The van der Waals surface area contributed by atoms with Crippen LogP contribution in [-0.2, 0) is 11.2 Å². The predicted octanol–water partition coefficient (Wildman–Crippen LogP) is 3.51. The lowest BCUT2D eigenvalue weighted by Crippen LogP contribution is -2.55. The number of halogens is 1. The van der Waals surface area contributed by atoms with Crippen LogP contribution in [0, 0.1) is 11.8 Å². The first kappa shape index (κ1) is 18.7. The number of carbonyl (C=O) groups excluding carboxylic acids is 2. The van der Waals surface area contributed by atoms with E-state index in [9.17, 15) is 9.59 Å². The van der Waals surface area contributed by atoms with Crippen LogP contribution in [0.25, 0.3) is 5.65 Å². The third-order valence-electron chi connectivity index (χ3n) is 7.60. The van der Waals surface area contributed by atoms with Gasteiger partial charge in [0.1, 0.15) is 17.3 Å². The van der Waals surface area contributed by atoms with Crippen molar-refractivity contribution in [1.82, 2.24) is 19.2 Å². The molecule has 2 unspecified atom stereocenters. The molecular formula is C23H27ClN4O2. The Kier molecular flexibility index (Phi) is 4.18. The van der Waals surface area contributed by atoms with Crippen molar-refractivity contribution in [2.75, 3.05) is 19.6 Å². The van der Waals surface area contributed by atoms with E-state index in [0.717, 1.165) is 42.3 Å². The minimum Gasteiger partial charge on any atom is -0.336 e. The minimum atomic E-state index is -0.235. The number of hydrogen-bond acceptors (Lipinski definition) is 3. The molecule has 1 saturated heterocycles. The molecule has 0 radical (unpaired) electrons. The number of fused-ring (bicyclic) bond motifs is 2. The van der Waals surface area contributed by atoms with Gasteiger partial charge in [-0.2, -0.15) is 0 Å². The Bertz CT molecular complexity index is 1050. The zero-order chi connectivity index (χ0) is 20.6. The highest BCUT2D eigenvalue weighted by Gasteiger charge is 2.49. The molecule has 158 valence electrons. The zero-order valence-electron chi connectivity index (χ0n) is 17.3. The normalized spacial score (nSPS) is 28.3. The van der Waals surface area contributed by atoms with Crippen molar-refractivity contribution in [2.24, 2.45) is 11.8 Å². The third kappa shape index (κ3) is 2.95. The number of rotatable bonds is 4. The molecule has 3 atom stereocenters. The maximum atomic E-state index is 13.2. The van der Waals surface area contributed by atoms with Crippen LogP contribution in [0.3, 0.4) is 0 Å². The molecule has 3 aliphatic carbocycles. The highest BCUT2D eigenvalue weighted by molar-refractivity contribution is 6.33. The smallest absolute Gasteiger partial charge is 0.276 e. The number of hydrogen-bond donors (Lipinski definition) is 0. The summed E-state index contributed by atoms with van der Waals surface area (Å²) in [5.74, 6) is 2.11. The van der Waals surface area contributed by atoms with Gasteiger partial charge in [0.2, 0.25) is 5.91 Å². The summed E-state index contributed by atoms with van der Waals surface area (Å²) in [6.07, 6.45) is 8.93. The number of imidazole rings is 1. The van der Waals surface area contributed by atoms with Crippen LogP contribution in [-0.4, -0.2) is 56.7 Å². The fraction of sp³-hybridized carbons (Fsp3) is 0.609. The first-order valence-corrected chi connectivity index (χ1v) is 11.7. The van der Waals surface area contributed by atoms with Gasteiger partial charge in [0.15, 0.2) is 5.69 Å². The van der Waals surface area contributed by atoms with Gasteiger partial charge in [-0.1, -0.05) is 24.6 Å². The van der Waals surface area contributed by atoms with E-state index in [4.69, 9.17) is 11.6 Å². The Morgan fingerprint density at radius 3 is 2.63 bits per heavy atom. The average Bonchev–Trinajstić information content (AvgIpc) is 3.67. The fourth-order valence-corrected chi connectivity index (χ4v) is 5.83. The highest BCUT2D eigenvalue weighted by atomic mass is 35.5. The maximum absolute atomic E-state index is 13.2. The van der Waals surface area contributed by atoms with Crippen LogP contribution in [0.5, 0.6) is 0 Å². The van der Waals surface area contributed by atoms with E-state index in [2.05, 4.69) is 18.0 Å². The van der Waals surface area contributed by atoms with Crippen LogP contribution >= 0.6 is 11.6 Å². The SMILES string of the molecule is CCc1cc(C2CC2)cn2c(Cl)c(C(=O)N3CCN(C4CC5C[C@@H]5C4)C(=O)C3)nc12. The van der Waals surface area contributed by atoms with Crippen molar-refractivity contribution < 1.29 is 9.59 Å². The summed E-state index contributed by atoms with van der Waals surface area (Å²) in [6.45, 7) is 3.39. The van der Waals surface area contributed by atoms with Gasteiger partial charge in [0.25, 0.3) is 5.91 Å². The average molecular weight is 427 g/mol. The van der Waals surface area contributed by atoms with Crippen molar-refractivity contribution in [3.05, 3.63) is 34.2 Å². The first-order valence-electron chi connectivity index (χ1n) is 11.3. The van der Waals surface area contributed by atoms with Crippen molar-refractivity contribution in [3.8, 4) is 0 Å². The Morgan fingerprint density at radius 2 is 1.97 bits per heavy atom. The van der Waals surface area contributed by atoms with Crippen LogP contribution in [0.2, 0.25) is 5.15 Å². The number of aryl methyl sites for hydroxylation is 1. The highest BCUT2D eigenvalue weighted by Crippen LogP contribution is 2.53. The summed E-state index contributed by atoms with van der Waals surface area (Å²) < 4.78 is 1.87. The second kappa shape index (κ2) is 6.71. The lowest BCUT2D eigenvalue weighted by molar-refractivity contribution is -0.137. The monoisotopic (exact) mass is 426 g/mol. The quantitative estimate of drug-likeness (QED) is 0.751. The second-order valence-electron chi connectivity index (χ2n) is 9.57. The molecule has 2 aromatic heterocycles. The van der Waals surface area contributed by atoms with Gasteiger partial charge in [0, 0.05) is 25.3 Å². The van der Waals surface area contributed by atoms with Gasteiger partial charge < -0.3 is 9.80 Å². The number of piperazine rings is 1. The Hall–Kier alpha value is -2.08. The number of amides is 2. The summed E-state index contributed by atoms with van der Waals surface area (Å²) >= 11 is 6.64. The minimum absolute atomic E-state index is 0.0612. The molecular weight excluding hydrogens is 400 g/mol. The summed E-state index contributed by atoms with van der Waals surface area (Å²) in [5, 5.41) is 0.359. The molecule has 0 spiro atoms. The lowest BCUT2D eigenvalue weighted by Gasteiger charge is -2.38. The van der Waals surface area contributed by atoms with Crippen molar-refractivity contribution in [2.45, 2.75) is 57.4 Å². The van der Waals surface area contributed by atoms with E-state index in [0.29, 0.717) is 30.2 Å². The van der Waals surface area contributed by atoms with Gasteiger partial charge in [-0.15, -0.1) is 0 Å².